The third kappa shape index (κ3) is 6.72. The van der Waals surface area contributed by atoms with Crippen molar-refractivity contribution in [2.45, 2.75) is 12.8 Å². The minimum absolute atomic E-state index is 0.154. The number of benzene rings is 1. The Hall–Kier alpha value is -2.04. The molecule has 0 radical (unpaired) electrons. The molecule has 0 bridgehead atoms. The van der Waals surface area contributed by atoms with E-state index in [4.69, 9.17) is 38.5 Å². The van der Waals surface area contributed by atoms with E-state index in [2.05, 4.69) is 4.99 Å². The average molecular weight is 347 g/mol. The maximum absolute atomic E-state index is 8.74. The molecule has 1 aromatic carbocycles. The summed E-state index contributed by atoms with van der Waals surface area (Å²) in [5, 5.41) is 0. The van der Waals surface area contributed by atoms with Gasteiger partial charge >= 0.3 is 10.4 Å². The van der Waals surface area contributed by atoms with Gasteiger partial charge in [-0.15, -0.1) is 0 Å². The highest BCUT2D eigenvalue weighted by atomic mass is 32.3. The van der Waals surface area contributed by atoms with Gasteiger partial charge in [-0.2, -0.15) is 8.42 Å². The van der Waals surface area contributed by atoms with Crippen LogP contribution in [0.4, 0.5) is 0 Å². The summed E-state index contributed by atoms with van der Waals surface area (Å²) in [5.74, 6) is 2.16. The lowest BCUT2D eigenvalue weighted by Gasteiger charge is -2.09. The van der Waals surface area contributed by atoms with Crippen LogP contribution < -0.4 is 20.9 Å². The van der Waals surface area contributed by atoms with Crippen LogP contribution in [0.5, 0.6) is 11.5 Å². The lowest BCUT2D eigenvalue weighted by atomic mass is 10.1. The smallest absolute Gasteiger partial charge is 0.394 e. The van der Waals surface area contributed by atoms with Crippen LogP contribution in [-0.2, 0) is 23.2 Å². The van der Waals surface area contributed by atoms with Crippen LogP contribution in [-0.4, -0.2) is 44.2 Å². The molecule has 23 heavy (non-hydrogen) atoms. The molecule has 0 saturated carbocycles. The number of nitrogens with zero attached hydrogens (tertiary/aromatic N) is 1. The summed E-state index contributed by atoms with van der Waals surface area (Å²) in [7, 11) is -1.37. The number of aliphatic imine (C=N–C) groups is 1. The van der Waals surface area contributed by atoms with Crippen molar-refractivity contribution in [2.75, 3.05) is 20.8 Å². The van der Waals surface area contributed by atoms with Crippen LogP contribution in [0.3, 0.4) is 0 Å². The molecule has 0 saturated heterocycles. The van der Waals surface area contributed by atoms with Crippen molar-refractivity contribution >= 4 is 16.4 Å². The zero-order chi connectivity index (χ0) is 17.6. The van der Waals surface area contributed by atoms with Crippen LogP contribution in [0.1, 0.15) is 11.1 Å². The topological polar surface area (TPSA) is 157 Å². The minimum atomic E-state index is -4.67. The van der Waals surface area contributed by atoms with Gasteiger partial charge in [-0.25, -0.2) is 0 Å². The number of ether oxygens (including phenoxy) is 2. The highest BCUT2D eigenvalue weighted by molar-refractivity contribution is 7.79. The largest absolute Gasteiger partial charge is 0.493 e. The van der Waals surface area contributed by atoms with Crippen LogP contribution in [0.15, 0.2) is 17.1 Å². The fourth-order valence-corrected chi connectivity index (χ4v) is 2.40. The van der Waals surface area contributed by atoms with Gasteiger partial charge in [0.15, 0.2) is 17.5 Å². The summed E-state index contributed by atoms with van der Waals surface area (Å²) in [5.41, 5.74) is 13.3. The predicted octanol–water partition coefficient (Wildman–Crippen LogP) is 0.0392. The molecule has 0 aliphatic heterocycles. The minimum Gasteiger partial charge on any atom is -0.493 e. The van der Waals surface area contributed by atoms with Gasteiger partial charge < -0.3 is 20.9 Å². The second-order valence-corrected chi connectivity index (χ2v) is 5.86. The van der Waals surface area contributed by atoms with Gasteiger partial charge in [-0.3, -0.25) is 14.1 Å². The van der Waals surface area contributed by atoms with Gasteiger partial charge in [0.2, 0.25) is 0 Å². The molecule has 0 aromatic heterocycles. The fraction of sp³-hybridized carbons (Fsp3) is 0.462. The van der Waals surface area contributed by atoms with Crippen molar-refractivity contribution in [2.24, 2.45) is 22.4 Å². The van der Waals surface area contributed by atoms with Gasteiger partial charge in [0.25, 0.3) is 0 Å². The first-order valence-electron chi connectivity index (χ1n) is 6.63. The van der Waals surface area contributed by atoms with Crippen molar-refractivity contribution in [3.63, 3.8) is 0 Å². The van der Waals surface area contributed by atoms with Crippen molar-refractivity contribution < 1.29 is 27.0 Å². The monoisotopic (exact) mass is 347 g/mol. The van der Waals surface area contributed by atoms with E-state index in [9.17, 15) is 0 Å². The SMILES string of the molecule is COc1cc2c(cc1OC)CC(CN=C(N)N)C2.O=S(=O)(O)O. The first kappa shape index (κ1) is 19.0. The molecule has 1 aliphatic rings. The predicted molar refractivity (Wildman–Crippen MR) is 85.3 cm³/mol. The summed E-state index contributed by atoms with van der Waals surface area (Å²) < 4.78 is 42.2. The molecule has 2 rings (SSSR count). The summed E-state index contributed by atoms with van der Waals surface area (Å²) in [6.45, 7) is 0.668. The molecular weight excluding hydrogens is 326 g/mol. The molecule has 9 nitrogen and oxygen atoms in total. The highest BCUT2D eigenvalue weighted by Crippen LogP contribution is 2.36. The molecule has 0 unspecified atom stereocenters. The molecule has 0 heterocycles. The van der Waals surface area contributed by atoms with Gasteiger partial charge in [0.05, 0.1) is 14.2 Å². The van der Waals surface area contributed by atoms with Crippen LogP contribution in [0, 0.1) is 5.92 Å². The standard InChI is InChI=1S/C13H19N3O2.H2O4S/c1-17-11-5-9-3-8(7-16-13(14)15)4-10(9)6-12(11)18-2;1-5(2,3)4/h5-6,8H,3-4,7H2,1-2H3,(H4,14,15,16);(H2,1,2,3,4). The van der Waals surface area contributed by atoms with Gasteiger partial charge in [-0.1, -0.05) is 0 Å². The van der Waals surface area contributed by atoms with E-state index in [-0.39, 0.29) is 5.96 Å². The summed E-state index contributed by atoms with van der Waals surface area (Å²) in [6.07, 6.45) is 1.96. The zero-order valence-electron chi connectivity index (χ0n) is 12.9. The Kier molecular flexibility index (Phi) is 6.61. The Labute approximate surface area is 134 Å². The van der Waals surface area contributed by atoms with Crippen molar-refractivity contribution in [3.8, 4) is 11.5 Å². The summed E-state index contributed by atoms with van der Waals surface area (Å²) in [6, 6.07) is 4.09. The molecule has 0 fully saturated rings. The van der Waals surface area contributed by atoms with E-state index >= 15 is 0 Å². The number of methoxy groups -OCH3 is 2. The molecule has 0 amide bonds. The zero-order valence-corrected chi connectivity index (χ0v) is 13.7. The number of fused-ring (bicyclic) bond motifs is 1. The van der Waals surface area contributed by atoms with Crippen molar-refractivity contribution in [3.05, 3.63) is 23.3 Å². The van der Waals surface area contributed by atoms with E-state index in [1.54, 1.807) is 14.2 Å². The van der Waals surface area contributed by atoms with Crippen molar-refractivity contribution in [1.82, 2.24) is 0 Å². The highest BCUT2D eigenvalue weighted by Gasteiger charge is 2.23. The number of guanidine groups is 1. The van der Waals surface area contributed by atoms with Gasteiger partial charge in [-0.05, 0) is 42.0 Å². The maximum Gasteiger partial charge on any atom is 0.394 e. The third-order valence-electron chi connectivity index (χ3n) is 3.26. The molecule has 6 N–H and O–H groups in total. The Morgan fingerprint density at radius 2 is 1.57 bits per heavy atom. The summed E-state index contributed by atoms with van der Waals surface area (Å²) >= 11 is 0. The van der Waals surface area contributed by atoms with Crippen LogP contribution >= 0.6 is 0 Å². The van der Waals surface area contributed by atoms with E-state index in [1.165, 1.54) is 11.1 Å². The Morgan fingerprint density at radius 3 is 1.87 bits per heavy atom. The first-order valence-corrected chi connectivity index (χ1v) is 8.02. The molecule has 10 heteroatoms. The Balaban J connectivity index is 0.000000463. The lowest BCUT2D eigenvalue weighted by Crippen LogP contribution is -2.24. The summed E-state index contributed by atoms with van der Waals surface area (Å²) in [4.78, 5) is 4.08. The quantitative estimate of drug-likeness (QED) is 0.338. The van der Waals surface area contributed by atoms with E-state index in [0.717, 1.165) is 24.3 Å². The lowest BCUT2D eigenvalue weighted by molar-refractivity contribution is 0.354. The van der Waals surface area contributed by atoms with Crippen molar-refractivity contribution in [1.29, 1.82) is 0 Å². The normalized spacial score (nSPS) is 13.6. The molecule has 0 spiro atoms. The number of hydrogen-bond donors (Lipinski definition) is 4. The molecule has 1 aromatic rings. The third-order valence-corrected chi connectivity index (χ3v) is 3.26. The second-order valence-electron chi connectivity index (χ2n) is 4.96. The number of hydrogen-bond acceptors (Lipinski definition) is 5. The van der Waals surface area contributed by atoms with Crippen LogP contribution in [0.2, 0.25) is 0 Å². The van der Waals surface area contributed by atoms with E-state index in [0.29, 0.717) is 12.5 Å². The number of nitrogens with two attached hydrogens (primary N) is 2. The Bertz CT molecular complexity index is 630. The van der Waals surface area contributed by atoms with E-state index < -0.39 is 10.4 Å². The van der Waals surface area contributed by atoms with E-state index in [1.807, 2.05) is 12.1 Å². The molecule has 130 valence electrons. The number of rotatable bonds is 4. The van der Waals surface area contributed by atoms with Gasteiger partial charge in [0, 0.05) is 6.54 Å². The fourth-order valence-electron chi connectivity index (χ4n) is 2.40. The molecule has 0 atom stereocenters. The maximum atomic E-state index is 8.74. The molecule has 1 aliphatic carbocycles. The van der Waals surface area contributed by atoms with Gasteiger partial charge in [0.1, 0.15) is 0 Å². The second kappa shape index (κ2) is 7.99. The Morgan fingerprint density at radius 1 is 1.17 bits per heavy atom. The molecular formula is C13H21N3O6S. The average Bonchev–Trinajstić information content (AvgIpc) is 2.83. The van der Waals surface area contributed by atoms with Crippen LogP contribution in [0.25, 0.3) is 0 Å². The first-order chi connectivity index (χ1) is 10.6.